The zero-order valence-corrected chi connectivity index (χ0v) is 21.9. The third kappa shape index (κ3) is 6.03. The Kier molecular flexibility index (Phi) is 8.08. The van der Waals surface area contributed by atoms with E-state index in [0.717, 1.165) is 9.35 Å². The highest BCUT2D eigenvalue weighted by Gasteiger charge is 2.35. The first-order chi connectivity index (χ1) is 17.0. The molecule has 3 N–H and O–H groups in total. The van der Waals surface area contributed by atoms with E-state index in [1.54, 1.807) is 0 Å². The summed E-state index contributed by atoms with van der Waals surface area (Å²) in [6.07, 6.45) is 0. The summed E-state index contributed by atoms with van der Waals surface area (Å²) in [5.41, 5.74) is 2.90. The summed E-state index contributed by atoms with van der Waals surface area (Å²) in [5.74, 6) is -0.887. The van der Waals surface area contributed by atoms with Gasteiger partial charge in [-0.25, -0.2) is 0 Å². The van der Waals surface area contributed by atoms with E-state index in [4.69, 9.17) is 0 Å². The Morgan fingerprint density at radius 2 is 1.86 bits per heavy atom. The Hall–Kier alpha value is -3.32. The summed E-state index contributed by atoms with van der Waals surface area (Å²) in [6, 6.07) is 22.7. The molecule has 4 rings (SSSR count). The lowest BCUT2D eigenvalue weighted by molar-refractivity contribution is -0.114. The first-order valence-electron chi connectivity index (χ1n) is 10.7. The van der Waals surface area contributed by atoms with Gasteiger partial charge in [-0.3, -0.25) is 9.59 Å². The molecule has 0 spiro atoms. The molecule has 2 amide bonds. The van der Waals surface area contributed by atoms with Crippen LogP contribution >= 0.6 is 39.0 Å². The second-order valence-electron chi connectivity index (χ2n) is 7.63. The Morgan fingerprint density at radius 1 is 1.09 bits per heavy atom. The van der Waals surface area contributed by atoms with Gasteiger partial charge >= 0.3 is 0 Å². The van der Waals surface area contributed by atoms with Crippen LogP contribution in [-0.4, -0.2) is 17.6 Å². The fourth-order valence-corrected chi connectivity index (χ4v) is 5.82. The zero-order valence-electron chi connectivity index (χ0n) is 18.7. The number of nitriles is 1. The number of nitrogens with one attached hydrogen (secondary N) is 3. The molecule has 0 saturated carbocycles. The number of allylic oxidation sites excluding steroid dienone is 2. The molecule has 6 nitrogen and oxygen atoms in total. The highest BCUT2D eigenvalue weighted by molar-refractivity contribution is 9.10. The predicted octanol–water partition coefficient (Wildman–Crippen LogP) is 6.22. The largest absolute Gasteiger partial charge is 0.353 e. The van der Waals surface area contributed by atoms with Gasteiger partial charge < -0.3 is 16.0 Å². The van der Waals surface area contributed by atoms with E-state index in [0.29, 0.717) is 33.2 Å². The smallest absolute Gasteiger partial charge is 0.254 e. The van der Waals surface area contributed by atoms with Crippen molar-refractivity contribution < 1.29 is 9.59 Å². The highest BCUT2D eigenvalue weighted by Crippen LogP contribution is 2.42. The number of carbonyl (C=O) groups excluding carboxylic acids is 2. The molecule has 0 fully saturated rings. The van der Waals surface area contributed by atoms with Gasteiger partial charge in [-0.1, -0.05) is 58.0 Å². The van der Waals surface area contributed by atoms with E-state index in [-0.39, 0.29) is 17.6 Å². The second-order valence-corrected chi connectivity index (χ2v) is 10.5. The van der Waals surface area contributed by atoms with Crippen LogP contribution in [0.3, 0.4) is 0 Å². The number of dihydropyridines is 1. The van der Waals surface area contributed by atoms with Crippen molar-refractivity contribution in [1.29, 1.82) is 5.26 Å². The summed E-state index contributed by atoms with van der Waals surface area (Å²) in [4.78, 5) is 26.8. The Balaban J connectivity index is 1.58. The summed E-state index contributed by atoms with van der Waals surface area (Å²) in [6.45, 7) is 1.82. The molecule has 0 radical (unpaired) electrons. The van der Waals surface area contributed by atoms with E-state index in [1.807, 2.05) is 79.0 Å². The van der Waals surface area contributed by atoms with Crippen LogP contribution in [0, 0.1) is 11.3 Å². The highest BCUT2D eigenvalue weighted by atomic mass is 79.9. The minimum absolute atomic E-state index is 0.107. The number of thiophene rings is 1. The summed E-state index contributed by atoms with van der Waals surface area (Å²) < 4.78 is 0.868. The maximum atomic E-state index is 13.3. The number of rotatable bonds is 7. The van der Waals surface area contributed by atoms with Gasteiger partial charge in [0.15, 0.2) is 0 Å². The number of halogens is 1. The number of amides is 2. The fourth-order valence-electron chi connectivity index (χ4n) is 3.69. The van der Waals surface area contributed by atoms with Gasteiger partial charge in [-0.2, -0.15) is 5.26 Å². The Morgan fingerprint density at radius 3 is 2.54 bits per heavy atom. The van der Waals surface area contributed by atoms with Crippen LogP contribution in [0.1, 0.15) is 17.7 Å². The van der Waals surface area contributed by atoms with Crippen molar-refractivity contribution >= 4 is 62.2 Å². The maximum absolute atomic E-state index is 13.3. The Labute approximate surface area is 220 Å². The average molecular weight is 566 g/mol. The number of hydrogen-bond donors (Lipinski definition) is 3. The first-order valence-corrected chi connectivity index (χ1v) is 13.3. The van der Waals surface area contributed by atoms with Crippen molar-refractivity contribution in [2.45, 2.75) is 12.8 Å². The number of hydrogen-bond acceptors (Lipinski definition) is 6. The van der Waals surface area contributed by atoms with Crippen molar-refractivity contribution in [3.63, 3.8) is 0 Å². The molecule has 9 heteroatoms. The normalized spacial score (nSPS) is 15.3. The fraction of sp³-hybridized carbons (Fsp3) is 0.115. The molecule has 0 unspecified atom stereocenters. The third-order valence-corrected chi connectivity index (χ3v) is 7.66. The molecule has 0 saturated heterocycles. The number of nitrogens with zero attached hydrogens (tertiary/aromatic N) is 1. The van der Waals surface area contributed by atoms with Crippen molar-refractivity contribution in [2.24, 2.45) is 0 Å². The molecule has 1 aromatic heterocycles. The molecule has 1 atom stereocenters. The summed E-state index contributed by atoms with van der Waals surface area (Å²) in [7, 11) is 0. The van der Waals surface area contributed by atoms with E-state index in [9.17, 15) is 14.9 Å². The number of carbonyl (C=O) groups is 2. The van der Waals surface area contributed by atoms with Gasteiger partial charge in [0, 0.05) is 32.0 Å². The molecule has 3 aromatic rings. The lowest BCUT2D eigenvalue weighted by Crippen LogP contribution is -2.30. The predicted molar refractivity (Wildman–Crippen MR) is 146 cm³/mol. The molecular weight excluding hydrogens is 544 g/mol. The number of anilines is 2. The first kappa shape index (κ1) is 24.8. The van der Waals surface area contributed by atoms with Gasteiger partial charge in [-0.15, -0.1) is 11.3 Å². The van der Waals surface area contributed by atoms with Crippen molar-refractivity contribution in [3.05, 3.63) is 103 Å². The number of benzene rings is 2. The number of thioether (sulfide) groups is 1. The van der Waals surface area contributed by atoms with Gasteiger partial charge in [0.1, 0.15) is 0 Å². The van der Waals surface area contributed by atoms with Crippen LogP contribution in [0.4, 0.5) is 11.4 Å². The van der Waals surface area contributed by atoms with Crippen LogP contribution < -0.4 is 16.0 Å². The van der Waals surface area contributed by atoms with Crippen LogP contribution in [-0.2, 0) is 9.59 Å². The second kappa shape index (κ2) is 11.4. The van der Waals surface area contributed by atoms with Crippen LogP contribution in [0.2, 0.25) is 0 Å². The van der Waals surface area contributed by atoms with Gasteiger partial charge in [-0.05, 0) is 48.7 Å². The molecule has 2 aromatic carbocycles. The van der Waals surface area contributed by atoms with Gasteiger partial charge in [0.25, 0.3) is 5.91 Å². The molecule has 1 aliphatic rings. The lowest BCUT2D eigenvalue weighted by atomic mass is 9.86. The standard InChI is InChI=1S/C26H21BrN4O2S2/c1-16-23(25(33)31-18-8-3-2-4-9-18)24(21-11-6-12-34-21)20(14-28)26(29-16)35-15-22(32)30-19-10-5-7-17(27)13-19/h2-13,24,29H,15H2,1H3,(H,30,32)(H,31,33)/t24-/m1/s1. The monoisotopic (exact) mass is 564 g/mol. The average Bonchev–Trinajstić information content (AvgIpc) is 3.37. The van der Waals surface area contributed by atoms with E-state index < -0.39 is 5.92 Å². The molecule has 35 heavy (non-hydrogen) atoms. The topological polar surface area (TPSA) is 94.0 Å². The van der Waals surface area contributed by atoms with Crippen molar-refractivity contribution in [3.8, 4) is 6.07 Å². The van der Waals surface area contributed by atoms with Crippen LogP contribution in [0.25, 0.3) is 0 Å². The third-order valence-electron chi connectivity index (χ3n) is 5.21. The van der Waals surface area contributed by atoms with Gasteiger partial charge in [0.05, 0.1) is 28.3 Å². The quantitative estimate of drug-likeness (QED) is 0.317. The number of para-hydroxylation sites is 1. The van der Waals surface area contributed by atoms with E-state index >= 15 is 0 Å². The van der Waals surface area contributed by atoms with E-state index in [2.05, 4.69) is 37.9 Å². The minimum Gasteiger partial charge on any atom is -0.353 e. The SMILES string of the molecule is CC1=C(C(=O)Nc2ccccc2)[C@@H](c2cccs2)C(C#N)=C(SCC(=O)Nc2cccc(Br)c2)N1. The minimum atomic E-state index is -0.527. The molecule has 0 bridgehead atoms. The van der Waals surface area contributed by atoms with Crippen LogP contribution in [0.5, 0.6) is 0 Å². The Bertz CT molecular complexity index is 1350. The van der Waals surface area contributed by atoms with E-state index in [1.165, 1.54) is 23.1 Å². The molecule has 176 valence electrons. The molecule has 1 aliphatic heterocycles. The van der Waals surface area contributed by atoms with Crippen LogP contribution in [0.15, 0.2) is 98.5 Å². The molecule has 0 aliphatic carbocycles. The maximum Gasteiger partial charge on any atom is 0.254 e. The zero-order chi connectivity index (χ0) is 24.8. The van der Waals surface area contributed by atoms with Crippen molar-refractivity contribution in [1.82, 2.24) is 5.32 Å². The summed E-state index contributed by atoms with van der Waals surface area (Å²) >= 11 is 6.13. The molecule has 2 heterocycles. The molecular formula is C26H21BrN4O2S2. The van der Waals surface area contributed by atoms with Crippen molar-refractivity contribution in [2.75, 3.05) is 16.4 Å². The summed E-state index contributed by atoms with van der Waals surface area (Å²) in [5, 5.41) is 21.6. The lowest BCUT2D eigenvalue weighted by Gasteiger charge is -2.29. The van der Waals surface area contributed by atoms with Gasteiger partial charge in [0.2, 0.25) is 5.91 Å².